The van der Waals surface area contributed by atoms with Gasteiger partial charge in [-0.2, -0.15) is 0 Å². The van der Waals surface area contributed by atoms with Gasteiger partial charge in [-0.25, -0.2) is 18.1 Å². The van der Waals surface area contributed by atoms with E-state index in [-0.39, 0.29) is 42.7 Å². The topological polar surface area (TPSA) is 131 Å². The van der Waals surface area contributed by atoms with Crippen molar-refractivity contribution in [2.75, 3.05) is 13.2 Å². The fourth-order valence-corrected chi connectivity index (χ4v) is 4.55. The summed E-state index contributed by atoms with van der Waals surface area (Å²) < 4.78 is 32.9. The van der Waals surface area contributed by atoms with Gasteiger partial charge in [0.15, 0.2) is 0 Å². The number of aromatic nitrogens is 2. The Hall–Kier alpha value is -2.40. The van der Waals surface area contributed by atoms with Gasteiger partial charge in [0, 0.05) is 18.9 Å². The van der Waals surface area contributed by atoms with Gasteiger partial charge in [0.2, 0.25) is 10.0 Å². The Morgan fingerprint density at radius 3 is 2.70 bits per heavy atom. The number of amides is 1. The molecule has 9 nitrogen and oxygen atoms in total. The molecule has 2 heterocycles. The summed E-state index contributed by atoms with van der Waals surface area (Å²) in [6.07, 6.45) is 5.25. The largest absolute Gasteiger partial charge is 0.394 e. The Labute approximate surface area is 176 Å². The number of nitrogens with zero attached hydrogens (tertiary/aromatic N) is 2. The highest BCUT2D eigenvalue weighted by Gasteiger charge is 2.32. The first-order valence-corrected chi connectivity index (χ1v) is 11.5. The molecule has 0 aliphatic carbocycles. The van der Waals surface area contributed by atoms with E-state index in [0.717, 1.165) is 5.56 Å². The molecule has 0 radical (unpaired) electrons. The zero-order chi connectivity index (χ0) is 21.4. The lowest BCUT2D eigenvalue weighted by atomic mass is 9.97. The molecule has 3 atom stereocenters. The molecule has 1 aromatic heterocycles. The zero-order valence-corrected chi connectivity index (χ0v) is 17.3. The van der Waals surface area contributed by atoms with E-state index in [1.54, 1.807) is 24.3 Å². The van der Waals surface area contributed by atoms with E-state index in [9.17, 15) is 18.3 Å². The number of aliphatic hydroxyl groups is 1. The quantitative estimate of drug-likeness (QED) is 0.527. The highest BCUT2D eigenvalue weighted by Crippen LogP contribution is 2.22. The molecule has 0 spiro atoms. The van der Waals surface area contributed by atoms with Crippen LogP contribution in [-0.4, -0.2) is 60.8 Å². The number of carbonyl (C=O) groups is 1. The minimum Gasteiger partial charge on any atom is -0.394 e. The second-order valence-corrected chi connectivity index (χ2v) is 8.96. The fraction of sp³-hybridized carbons (Fsp3) is 0.450. The standard InChI is InChI=1S/C20H26N4O5S/c25-13-19-17(24-20(26)18-12-21-10-11-22-18)7-6-16(29-19)8-9-23-30(27,28)14-15-4-2-1-3-5-15/h1-5,10-12,16-17,19,23,25H,6-9,13-14H2,(H,24,26)/t16-,17+,19-/m1/s1. The molecule has 1 saturated heterocycles. The maximum atomic E-state index is 12.3. The van der Waals surface area contributed by atoms with Gasteiger partial charge in [-0.05, 0) is 24.8 Å². The second kappa shape index (κ2) is 10.6. The van der Waals surface area contributed by atoms with Gasteiger partial charge in [0.25, 0.3) is 5.91 Å². The minimum atomic E-state index is -3.44. The monoisotopic (exact) mass is 434 g/mol. The van der Waals surface area contributed by atoms with Crippen molar-refractivity contribution < 1.29 is 23.1 Å². The molecule has 0 saturated carbocycles. The Morgan fingerprint density at radius 2 is 2.00 bits per heavy atom. The number of aliphatic hydroxyl groups excluding tert-OH is 1. The molecule has 1 aliphatic rings. The highest BCUT2D eigenvalue weighted by molar-refractivity contribution is 7.88. The van der Waals surface area contributed by atoms with Crippen molar-refractivity contribution in [3.63, 3.8) is 0 Å². The molecule has 0 unspecified atom stereocenters. The van der Waals surface area contributed by atoms with E-state index in [4.69, 9.17) is 4.74 Å². The van der Waals surface area contributed by atoms with Crippen molar-refractivity contribution in [1.29, 1.82) is 0 Å². The average Bonchev–Trinajstić information content (AvgIpc) is 2.75. The molecule has 3 N–H and O–H groups in total. The second-order valence-electron chi connectivity index (χ2n) is 7.15. The molecule has 10 heteroatoms. The number of rotatable bonds is 9. The third-order valence-electron chi connectivity index (χ3n) is 4.90. The Morgan fingerprint density at radius 1 is 1.20 bits per heavy atom. The van der Waals surface area contributed by atoms with Crippen molar-refractivity contribution in [2.45, 2.75) is 43.3 Å². The summed E-state index contributed by atoms with van der Waals surface area (Å²) >= 11 is 0. The summed E-state index contributed by atoms with van der Waals surface area (Å²) in [5.41, 5.74) is 0.921. The summed E-state index contributed by atoms with van der Waals surface area (Å²) in [5.74, 6) is -0.447. The fourth-order valence-electron chi connectivity index (χ4n) is 3.39. The van der Waals surface area contributed by atoms with Crippen LogP contribution in [0.25, 0.3) is 0 Å². The van der Waals surface area contributed by atoms with Crippen molar-refractivity contribution in [3.05, 3.63) is 60.2 Å². The van der Waals surface area contributed by atoms with E-state index < -0.39 is 16.1 Å². The predicted molar refractivity (Wildman–Crippen MR) is 110 cm³/mol. The van der Waals surface area contributed by atoms with Crippen LogP contribution in [0.3, 0.4) is 0 Å². The van der Waals surface area contributed by atoms with Crippen LogP contribution in [-0.2, 0) is 20.5 Å². The molecule has 30 heavy (non-hydrogen) atoms. The van der Waals surface area contributed by atoms with Gasteiger partial charge >= 0.3 is 0 Å². The Balaban J connectivity index is 1.45. The van der Waals surface area contributed by atoms with Crippen LogP contribution in [0, 0.1) is 0 Å². The third kappa shape index (κ3) is 6.56. The highest BCUT2D eigenvalue weighted by atomic mass is 32.2. The van der Waals surface area contributed by atoms with Gasteiger partial charge in [0.05, 0.1) is 30.7 Å². The summed E-state index contributed by atoms with van der Waals surface area (Å²) in [6.45, 7) is -0.00371. The first-order valence-electron chi connectivity index (χ1n) is 9.81. The lowest BCUT2D eigenvalue weighted by Crippen LogP contribution is -2.51. The van der Waals surface area contributed by atoms with Gasteiger partial charge in [0.1, 0.15) is 11.8 Å². The summed E-state index contributed by atoms with van der Waals surface area (Å²) in [5, 5.41) is 12.5. The number of ether oxygens (including phenoxy) is 1. The number of hydrogen-bond donors (Lipinski definition) is 3. The van der Waals surface area contributed by atoms with E-state index in [1.165, 1.54) is 18.6 Å². The van der Waals surface area contributed by atoms with Crippen molar-refractivity contribution in [3.8, 4) is 0 Å². The molecule has 1 aliphatic heterocycles. The number of carbonyl (C=O) groups excluding carboxylic acids is 1. The molecule has 1 fully saturated rings. The van der Waals surface area contributed by atoms with Gasteiger partial charge in [-0.3, -0.25) is 9.78 Å². The lowest BCUT2D eigenvalue weighted by molar-refractivity contribution is -0.0891. The lowest BCUT2D eigenvalue weighted by Gasteiger charge is -2.36. The maximum absolute atomic E-state index is 12.3. The van der Waals surface area contributed by atoms with Crippen LogP contribution < -0.4 is 10.0 Å². The van der Waals surface area contributed by atoms with Crippen LogP contribution >= 0.6 is 0 Å². The Kier molecular flexibility index (Phi) is 7.86. The third-order valence-corrected chi connectivity index (χ3v) is 6.25. The average molecular weight is 435 g/mol. The summed E-state index contributed by atoms with van der Waals surface area (Å²) in [7, 11) is -3.44. The van der Waals surface area contributed by atoms with Gasteiger partial charge in [-0.1, -0.05) is 30.3 Å². The molecule has 2 aromatic rings. The molecule has 0 bridgehead atoms. The van der Waals surface area contributed by atoms with Crippen molar-refractivity contribution in [1.82, 2.24) is 20.0 Å². The summed E-state index contributed by atoms with van der Waals surface area (Å²) in [6, 6.07) is 8.63. The van der Waals surface area contributed by atoms with E-state index in [1.807, 2.05) is 6.07 Å². The molecule has 1 aromatic carbocycles. The number of hydrogen-bond acceptors (Lipinski definition) is 7. The minimum absolute atomic E-state index is 0.0743. The first kappa shape index (κ1) is 22.3. The smallest absolute Gasteiger partial charge is 0.271 e. The van der Waals surface area contributed by atoms with Crippen LogP contribution in [0.4, 0.5) is 0 Å². The normalized spacial score (nSPS) is 21.8. The van der Waals surface area contributed by atoms with E-state index in [2.05, 4.69) is 20.0 Å². The zero-order valence-electron chi connectivity index (χ0n) is 16.5. The number of benzene rings is 1. The molecular weight excluding hydrogens is 408 g/mol. The van der Waals surface area contributed by atoms with E-state index >= 15 is 0 Å². The molecular formula is C20H26N4O5S. The van der Waals surface area contributed by atoms with Gasteiger partial charge in [-0.15, -0.1) is 0 Å². The maximum Gasteiger partial charge on any atom is 0.271 e. The van der Waals surface area contributed by atoms with Crippen molar-refractivity contribution >= 4 is 15.9 Å². The van der Waals surface area contributed by atoms with Crippen LogP contribution in [0.15, 0.2) is 48.9 Å². The van der Waals surface area contributed by atoms with Crippen LogP contribution in [0.2, 0.25) is 0 Å². The number of sulfonamides is 1. The molecule has 1 amide bonds. The van der Waals surface area contributed by atoms with Crippen LogP contribution in [0.5, 0.6) is 0 Å². The summed E-state index contributed by atoms with van der Waals surface area (Å²) in [4.78, 5) is 20.1. The number of nitrogens with one attached hydrogen (secondary N) is 2. The predicted octanol–water partition coefficient (Wildman–Crippen LogP) is 0.625. The first-order chi connectivity index (χ1) is 14.5. The SMILES string of the molecule is O=C(N[C@H]1CC[C@H](CCNS(=O)(=O)Cc2ccccc2)O[C@@H]1CO)c1cnccn1. The van der Waals surface area contributed by atoms with Gasteiger partial charge < -0.3 is 15.2 Å². The van der Waals surface area contributed by atoms with Crippen LogP contribution in [0.1, 0.15) is 35.3 Å². The molecule has 3 rings (SSSR count). The Bertz CT molecular complexity index is 911. The van der Waals surface area contributed by atoms with Crippen molar-refractivity contribution in [2.24, 2.45) is 0 Å². The molecule has 162 valence electrons. The van der Waals surface area contributed by atoms with E-state index in [0.29, 0.717) is 19.3 Å².